The van der Waals surface area contributed by atoms with Crippen molar-refractivity contribution in [1.82, 2.24) is 10.2 Å². The molecule has 0 spiro atoms. The molecule has 74 valence electrons. The van der Waals surface area contributed by atoms with Crippen LogP contribution in [0.1, 0.15) is 0 Å². The van der Waals surface area contributed by atoms with Gasteiger partial charge < -0.3 is 9.64 Å². The van der Waals surface area contributed by atoms with Crippen LogP contribution in [-0.2, 0) is 0 Å². The first-order valence-electron chi connectivity index (χ1n) is 4.42. The fourth-order valence-electron chi connectivity index (χ4n) is 1.45. The third-order valence-electron chi connectivity index (χ3n) is 2.17. The number of H-pyrrole nitrogens is 1. The Kier molecular flexibility index (Phi) is 2.04. The number of ether oxygens (including phenoxy) is 1. The Morgan fingerprint density at radius 3 is 2.79 bits per heavy atom. The first-order chi connectivity index (χ1) is 6.72. The summed E-state index contributed by atoms with van der Waals surface area (Å²) in [6.07, 6.45) is 0. The van der Waals surface area contributed by atoms with Crippen LogP contribution < -0.4 is 9.64 Å². The highest BCUT2D eigenvalue weighted by Crippen LogP contribution is 2.26. The van der Waals surface area contributed by atoms with Crippen LogP contribution in [0.15, 0.2) is 18.2 Å². The number of hydrogen-bond donors (Lipinski definition) is 1. The summed E-state index contributed by atoms with van der Waals surface area (Å²) in [5.41, 5.74) is 1.02. The zero-order chi connectivity index (χ0) is 10.1. The smallest absolute Gasteiger partial charge is 0.157 e. The van der Waals surface area contributed by atoms with E-state index in [1.165, 1.54) is 0 Å². The quantitative estimate of drug-likeness (QED) is 0.784. The summed E-state index contributed by atoms with van der Waals surface area (Å²) in [4.78, 5) is 1.97. The number of anilines is 1. The van der Waals surface area contributed by atoms with Crippen LogP contribution in [0, 0.1) is 0 Å². The fourth-order valence-corrected chi connectivity index (χ4v) is 1.45. The molecule has 4 heteroatoms. The minimum atomic E-state index is 0.849. The second kappa shape index (κ2) is 3.21. The maximum Gasteiger partial charge on any atom is 0.157 e. The van der Waals surface area contributed by atoms with E-state index < -0.39 is 0 Å². The van der Waals surface area contributed by atoms with Crippen molar-refractivity contribution in [3.8, 4) is 5.75 Å². The summed E-state index contributed by atoms with van der Waals surface area (Å²) in [7, 11) is 5.60. The van der Waals surface area contributed by atoms with Gasteiger partial charge in [0.05, 0.1) is 12.6 Å². The molecule has 0 amide bonds. The van der Waals surface area contributed by atoms with E-state index in [1.54, 1.807) is 7.11 Å². The van der Waals surface area contributed by atoms with Crippen molar-refractivity contribution in [3.05, 3.63) is 18.2 Å². The van der Waals surface area contributed by atoms with Crippen molar-refractivity contribution in [3.63, 3.8) is 0 Å². The summed E-state index contributed by atoms with van der Waals surface area (Å²) in [6, 6.07) is 5.86. The lowest BCUT2D eigenvalue weighted by atomic mass is 10.2. The largest absolute Gasteiger partial charge is 0.497 e. The molecule has 2 aromatic rings. The SMILES string of the molecule is COc1ccc2[nH]nc(N(C)C)c2c1. The van der Waals surface area contributed by atoms with Gasteiger partial charge in [-0.1, -0.05) is 0 Å². The monoisotopic (exact) mass is 191 g/mol. The van der Waals surface area contributed by atoms with Gasteiger partial charge in [0.15, 0.2) is 5.82 Å². The van der Waals surface area contributed by atoms with E-state index in [2.05, 4.69) is 10.2 Å². The number of benzene rings is 1. The van der Waals surface area contributed by atoms with E-state index >= 15 is 0 Å². The minimum absolute atomic E-state index is 0.849. The molecular formula is C10H13N3O. The molecule has 0 aliphatic carbocycles. The van der Waals surface area contributed by atoms with Gasteiger partial charge in [-0.15, -0.1) is 0 Å². The van der Waals surface area contributed by atoms with Gasteiger partial charge in [-0.25, -0.2) is 0 Å². The summed E-state index contributed by atoms with van der Waals surface area (Å²) in [5.74, 6) is 1.78. The standard InChI is InChI=1S/C10H13N3O/c1-13(2)10-8-6-7(14-3)4-5-9(8)11-12-10/h4-6H,1-3H3,(H,11,12). The highest BCUT2D eigenvalue weighted by atomic mass is 16.5. The van der Waals surface area contributed by atoms with Crippen molar-refractivity contribution in [2.45, 2.75) is 0 Å². The summed E-state index contributed by atoms with van der Waals surface area (Å²) >= 11 is 0. The highest BCUT2D eigenvalue weighted by Gasteiger charge is 2.07. The second-order valence-corrected chi connectivity index (χ2v) is 3.35. The number of nitrogens with zero attached hydrogens (tertiary/aromatic N) is 2. The second-order valence-electron chi connectivity index (χ2n) is 3.35. The van der Waals surface area contributed by atoms with Crippen molar-refractivity contribution >= 4 is 16.7 Å². The number of rotatable bonds is 2. The Morgan fingerprint density at radius 1 is 1.36 bits per heavy atom. The Labute approximate surface area is 82.5 Å². The van der Waals surface area contributed by atoms with Crippen LogP contribution in [0.25, 0.3) is 10.9 Å². The van der Waals surface area contributed by atoms with Crippen LogP contribution >= 0.6 is 0 Å². The number of fused-ring (bicyclic) bond motifs is 1. The van der Waals surface area contributed by atoms with Crippen LogP contribution in [-0.4, -0.2) is 31.4 Å². The predicted octanol–water partition coefficient (Wildman–Crippen LogP) is 1.64. The highest BCUT2D eigenvalue weighted by molar-refractivity contribution is 5.91. The fraction of sp³-hybridized carbons (Fsp3) is 0.300. The normalized spacial score (nSPS) is 10.5. The van der Waals surface area contributed by atoms with E-state index in [0.29, 0.717) is 0 Å². The molecule has 0 fully saturated rings. The van der Waals surface area contributed by atoms with E-state index in [9.17, 15) is 0 Å². The van der Waals surface area contributed by atoms with Crippen LogP contribution in [0.2, 0.25) is 0 Å². The van der Waals surface area contributed by atoms with Gasteiger partial charge in [0.2, 0.25) is 0 Å². The van der Waals surface area contributed by atoms with Crippen LogP contribution in [0.5, 0.6) is 5.75 Å². The number of hydrogen-bond acceptors (Lipinski definition) is 3. The molecule has 1 aromatic heterocycles. The summed E-state index contributed by atoms with van der Waals surface area (Å²) in [6.45, 7) is 0. The Hall–Kier alpha value is -1.71. The topological polar surface area (TPSA) is 41.1 Å². The Morgan fingerprint density at radius 2 is 2.14 bits per heavy atom. The maximum absolute atomic E-state index is 5.17. The van der Waals surface area contributed by atoms with Gasteiger partial charge in [-0.3, -0.25) is 5.10 Å². The number of nitrogens with one attached hydrogen (secondary N) is 1. The third-order valence-corrected chi connectivity index (χ3v) is 2.17. The molecule has 0 aliphatic heterocycles. The van der Waals surface area contributed by atoms with Crippen molar-refractivity contribution in [2.75, 3.05) is 26.1 Å². The van der Waals surface area contributed by atoms with Gasteiger partial charge in [-0.05, 0) is 18.2 Å². The molecule has 4 nitrogen and oxygen atoms in total. The van der Waals surface area contributed by atoms with E-state index in [1.807, 2.05) is 37.2 Å². The molecule has 0 radical (unpaired) electrons. The zero-order valence-electron chi connectivity index (χ0n) is 8.53. The summed E-state index contributed by atoms with van der Waals surface area (Å²) < 4.78 is 5.17. The lowest BCUT2D eigenvalue weighted by Gasteiger charge is -2.08. The van der Waals surface area contributed by atoms with Gasteiger partial charge in [-0.2, -0.15) is 5.10 Å². The molecule has 0 unspecified atom stereocenters. The maximum atomic E-state index is 5.17. The van der Waals surface area contributed by atoms with Gasteiger partial charge in [0.1, 0.15) is 5.75 Å². The molecule has 1 aromatic carbocycles. The molecule has 0 saturated carbocycles. The zero-order valence-corrected chi connectivity index (χ0v) is 8.53. The number of aromatic nitrogens is 2. The predicted molar refractivity (Wildman–Crippen MR) is 57.0 cm³/mol. The van der Waals surface area contributed by atoms with Crippen molar-refractivity contribution in [2.24, 2.45) is 0 Å². The number of methoxy groups -OCH3 is 1. The van der Waals surface area contributed by atoms with E-state index in [4.69, 9.17) is 4.74 Å². The lowest BCUT2D eigenvalue weighted by molar-refractivity contribution is 0.415. The van der Waals surface area contributed by atoms with Crippen LogP contribution in [0.3, 0.4) is 0 Å². The first-order valence-corrected chi connectivity index (χ1v) is 4.42. The average molecular weight is 191 g/mol. The van der Waals surface area contributed by atoms with Gasteiger partial charge in [0, 0.05) is 19.5 Å². The molecule has 0 aliphatic rings. The lowest BCUT2D eigenvalue weighted by Crippen LogP contribution is -2.09. The van der Waals surface area contributed by atoms with Gasteiger partial charge >= 0.3 is 0 Å². The summed E-state index contributed by atoms with van der Waals surface area (Å²) in [5, 5.41) is 8.27. The minimum Gasteiger partial charge on any atom is -0.497 e. The van der Waals surface area contributed by atoms with Crippen LogP contribution in [0.4, 0.5) is 5.82 Å². The third kappa shape index (κ3) is 1.28. The van der Waals surface area contributed by atoms with E-state index in [-0.39, 0.29) is 0 Å². The average Bonchev–Trinajstić information content (AvgIpc) is 2.59. The van der Waals surface area contributed by atoms with Crippen molar-refractivity contribution in [1.29, 1.82) is 0 Å². The molecule has 1 heterocycles. The molecule has 2 rings (SSSR count). The molecule has 1 N–H and O–H groups in total. The first kappa shape index (κ1) is 8.87. The van der Waals surface area contributed by atoms with Crippen molar-refractivity contribution < 1.29 is 4.74 Å². The molecule has 0 atom stereocenters. The molecule has 14 heavy (non-hydrogen) atoms. The van der Waals surface area contributed by atoms with Gasteiger partial charge in [0.25, 0.3) is 0 Å². The Bertz CT molecular complexity index is 448. The molecular weight excluding hydrogens is 178 g/mol. The Balaban J connectivity index is 2.63. The molecule has 0 bridgehead atoms. The molecule has 0 saturated heterocycles. The van der Waals surface area contributed by atoms with E-state index in [0.717, 1.165) is 22.5 Å². The number of aromatic amines is 1.